The van der Waals surface area contributed by atoms with E-state index < -0.39 is 51.9 Å². The first-order valence-corrected chi connectivity index (χ1v) is 11.3. The smallest absolute Gasteiger partial charge is 0.327 e. The number of fused-ring (bicyclic) bond motifs is 1. The lowest BCUT2D eigenvalue weighted by atomic mass is 9.96. The number of hydrogen-bond acceptors (Lipinski definition) is 9. The fraction of sp³-hybridized carbons (Fsp3) is 0.429. The van der Waals surface area contributed by atoms with Gasteiger partial charge in [0.1, 0.15) is 29.2 Å². The SMILES string of the molecule is COc1ccc(/C=N/NC2=NC(CC(=O)NC3C(=O)N4C3SC(C)(C)C4C(=O)O)C(=O)N2)cc1. The molecule has 0 saturated carbocycles. The van der Waals surface area contributed by atoms with E-state index >= 15 is 0 Å². The third-order valence-corrected chi connectivity index (χ3v) is 7.27. The zero-order valence-corrected chi connectivity index (χ0v) is 19.5. The molecule has 2 saturated heterocycles. The minimum Gasteiger partial charge on any atom is -0.497 e. The van der Waals surface area contributed by atoms with E-state index in [0.717, 1.165) is 5.56 Å². The molecule has 0 aromatic heterocycles. The van der Waals surface area contributed by atoms with E-state index in [1.165, 1.54) is 22.9 Å². The number of β-lactam (4-membered cyclic amide) rings is 1. The fourth-order valence-electron chi connectivity index (χ4n) is 4.05. The normalized spacial score (nSPS) is 27.0. The number of hydrazone groups is 1. The molecule has 13 heteroatoms. The molecule has 12 nitrogen and oxygen atoms in total. The zero-order valence-electron chi connectivity index (χ0n) is 18.6. The highest BCUT2D eigenvalue weighted by Crippen LogP contribution is 2.50. The number of carboxylic acid groups (broad SMARTS) is 1. The monoisotopic (exact) mass is 488 g/mol. The molecular weight excluding hydrogens is 464 g/mol. The summed E-state index contributed by atoms with van der Waals surface area (Å²) in [5, 5.41) is 18.2. The van der Waals surface area contributed by atoms with Gasteiger partial charge in [0, 0.05) is 4.75 Å². The molecule has 3 amide bonds. The number of aliphatic imine (C=N–C) groups is 1. The van der Waals surface area contributed by atoms with Crippen LogP contribution in [-0.2, 0) is 19.2 Å². The van der Waals surface area contributed by atoms with Crippen molar-refractivity contribution in [1.82, 2.24) is 21.0 Å². The number of nitrogens with one attached hydrogen (secondary N) is 3. The van der Waals surface area contributed by atoms with Crippen LogP contribution >= 0.6 is 11.8 Å². The first-order chi connectivity index (χ1) is 16.1. The number of hydrogen-bond donors (Lipinski definition) is 4. The molecular formula is C21H24N6O6S. The Morgan fingerprint density at radius 3 is 2.68 bits per heavy atom. The molecule has 0 aliphatic carbocycles. The number of ether oxygens (including phenoxy) is 1. The van der Waals surface area contributed by atoms with E-state index in [2.05, 4.69) is 26.2 Å². The fourth-order valence-corrected chi connectivity index (χ4v) is 5.68. The lowest BCUT2D eigenvalue weighted by Gasteiger charge is -2.43. The predicted octanol–water partition coefficient (Wildman–Crippen LogP) is -0.505. The van der Waals surface area contributed by atoms with Crippen LogP contribution in [0.5, 0.6) is 5.75 Å². The second-order valence-electron chi connectivity index (χ2n) is 8.47. The number of carbonyl (C=O) groups excluding carboxylic acids is 3. The van der Waals surface area contributed by atoms with Crippen LogP contribution in [0.15, 0.2) is 34.4 Å². The maximum atomic E-state index is 12.5. The van der Waals surface area contributed by atoms with Crippen molar-refractivity contribution in [2.75, 3.05) is 7.11 Å². The van der Waals surface area contributed by atoms with Gasteiger partial charge < -0.3 is 20.1 Å². The third-order valence-electron chi connectivity index (χ3n) is 5.70. The Kier molecular flexibility index (Phi) is 6.21. The summed E-state index contributed by atoms with van der Waals surface area (Å²) in [4.78, 5) is 54.2. The van der Waals surface area contributed by atoms with E-state index in [0.29, 0.717) is 5.75 Å². The van der Waals surface area contributed by atoms with Crippen LogP contribution in [0.1, 0.15) is 25.8 Å². The summed E-state index contributed by atoms with van der Waals surface area (Å²) in [6.07, 6.45) is 1.28. The number of thioether (sulfide) groups is 1. The summed E-state index contributed by atoms with van der Waals surface area (Å²) in [7, 11) is 1.57. The van der Waals surface area contributed by atoms with Gasteiger partial charge in [-0.05, 0) is 43.7 Å². The Balaban J connectivity index is 1.30. The van der Waals surface area contributed by atoms with Crippen molar-refractivity contribution in [2.45, 2.75) is 48.5 Å². The van der Waals surface area contributed by atoms with Crippen molar-refractivity contribution < 1.29 is 29.0 Å². The van der Waals surface area contributed by atoms with E-state index in [9.17, 15) is 24.3 Å². The van der Waals surface area contributed by atoms with Gasteiger partial charge in [-0.1, -0.05) is 0 Å². The second kappa shape index (κ2) is 8.97. The molecule has 4 atom stereocenters. The number of carboxylic acids is 1. The highest BCUT2D eigenvalue weighted by molar-refractivity contribution is 8.01. The minimum atomic E-state index is -1.08. The van der Waals surface area contributed by atoms with Gasteiger partial charge in [-0.2, -0.15) is 5.10 Å². The number of aliphatic carboxylic acids is 1. The first kappa shape index (κ1) is 23.5. The van der Waals surface area contributed by atoms with Crippen molar-refractivity contribution in [3.05, 3.63) is 29.8 Å². The number of benzene rings is 1. The van der Waals surface area contributed by atoms with Crippen LogP contribution in [0, 0.1) is 0 Å². The summed E-state index contributed by atoms with van der Waals surface area (Å²) < 4.78 is 4.40. The largest absolute Gasteiger partial charge is 0.497 e. The molecule has 3 aliphatic rings. The van der Waals surface area contributed by atoms with Gasteiger partial charge in [0.2, 0.25) is 17.8 Å². The molecule has 2 fully saturated rings. The molecule has 0 radical (unpaired) electrons. The van der Waals surface area contributed by atoms with Crippen molar-refractivity contribution in [3.63, 3.8) is 0 Å². The van der Waals surface area contributed by atoms with Gasteiger partial charge in [-0.15, -0.1) is 11.8 Å². The summed E-state index contributed by atoms with van der Waals surface area (Å²) >= 11 is 1.33. The zero-order chi connectivity index (χ0) is 24.6. The Morgan fingerprint density at radius 1 is 1.32 bits per heavy atom. The molecule has 4 unspecified atom stereocenters. The molecule has 0 bridgehead atoms. The number of methoxy groups -OCH3 is 1. The first-order valence-electron chi connectivity index (χ1n) is 10.4. The topological polar surface area (TPSA) is 162 Å². The molecule has 3 aliphatic heterocycles. The molecule has 34 heavy (non-hydrogen) atoms. The van der Waals surface area contributed by atoms with Gasteiger partial charge in [0.05, 0.1) is 19.7 Å². The maximum Gasteiger partial charge on any atom is 0.327 e. The second-order valence-corrected chi connectivity index (χ2v) is 10.2. The molecule has 1 aromatic rings. The summed E-state index contributed by atoms with van der Waals surface area (Å²) in [6, 6.07) is 4.41. The van der Waals surface area contributed by atoms with E-state index in [-0.39, 0.29) is 12.4 Å². The van der Waals surface area contributed by atoms with Gasteiger partial charge in [-0.25, -0.2) is 15.2 Å². The molecule has 4 N–H and O–H groups in total. The Morgan fingerprint density at radius 2 is 2.03 bits per heavy atom. The van der Waals surface area contributed by atoms with Crippen LogP contribution in [0.4, 0.5) is 0 Å². The Hall–Kier alpha value is -3.61. The molecule has 1 aromatic carbocycles. The quantitative estimate of drug-likeness (QED) is 0.227. The number of amides is 3. The van der Waals surface area contributed by atoms with E-state index in [4.69, 9.17) is 4.74 Å². The van der Waals surface area contributed by atoms with Gasteiger partial charge in [-0.3, -0.25) is 19.7 Å². The van der Waals surface area contributed by atoms with E-state index in [1.807, 2.05) is 0 Å². The average Bonchev–Trinajstić information content (AvgIpc) is 3.26. The maximum absolute atomic E-state index is 12.5. The summed E-state index contributed by atoms with van der Waals surface area (Å²) in [5.41, 5.74) is 3.42. The summed E-state index contributed by atoms with van der Waals surface area (Å²) in [6.45, 7) is 3.51. The van der Waals surface area contributed by atoms with Crippen LogP contribution in [-0.4, -0.2) is 81.2 Å². The van der Waals surface area contributed by atoms with Crippen LogP contribution in [0.2, 0.25) is 0 Å². The van der Waals surface area contributed by atoms with Gasteiger partial charge >= 0.3 is 5.97 Å². The molecule has 180 valence electrons. The average molecular weight is 489 g/mol. The van der Waals surface area contributed by atoms with Crippen molar-refractivity contribution in [3.8, 4) is 5.75 Å². The number of nitrogens with zero attached hydrogens (tertiary/aromatic N) is 3. The standard InChI is InChI=1S/C21H24N6O6S/c1-21(2)15(19(31)32)27-17(30)14(18(27)34-21)24-13(28)8-12-16(29)25-20(23-12)26-22-9-10-4-6-11(33-3)7-5-10/h4-7,9,12,14-15,18H,8H2,1-3H3,(H,24,28)(H,31,32)(H2,23,25,26,29)/b22-9+. The van der Waals surface area contributed by atoms with Crippen molar-refractivity contribution in [1.29, 1.82) is 0 Å². The van der Waals surface area contributed by atoms with Crippen LogP contribution < -0.4 is 20.8 Å². The number of carbonyl (C=O) groups is 4. The lowest BCUT2D eigenvalue weighted by molar-refractivity contribution is -0.161. The highest BCUT2D eigenvalue weighted by atomic mass is 32.2. The number of guanidine groups is 1. The predicted molar refractivity (Wildman–Crippen MR) is 123 cm³/mol. The van der Waals surface area contributed by atoms with Crippen LogP contribution in [0.3, 0.4) is 0 Å². The third kappa shape index (κ3) is 4.42. The van der Waals surface area contributed by atoms with Gasteiger partial charge in [0.25, 0.3) is 5.91 Å². The van der Waals surface area contributed by atoms with Crippen molar-refractivity contribution in [2.24, 2.45) is 10.1 Å². The summed E-state index contributed by atoms with van der Waals surface area (Å²) in [5.74, 6) is -1.70. The Labute approximate surface area is 199 Å². The minimum absolute atomic E-state index is 0.107. The Bertz CT molecular complexity index is 1090. The van der Waals surface area contributed by atoms with Gasteiger partial charge in [0.15, 0.2) is 0 Å². The van der Waals surface area contributed by atoms with Crippen molar-refractivity contribution >= 4 is 47.6 Å². The van der Waals surface area contributed by atoms with E-state index in [1.54, 1.807) is 45.2 Å². The number of rotatable bonds is 7. The van der Waals surface area contributed by atoms with Crippen LogP contribution in [0.25, 0.3) is 0 Å². The lowest BCUT2D eigenvalue weighted by Crippen LogP contribution is -2.70. The highest BCUT2D eigenvalue weighted by Gasteiger charge is 2.64. The molecule has 3 heterocycles. The molecule has 4 rings (SSSR count). The molecule has 0 spiro atoms.